The zero-order valence-electron chi connectivity index (χ0n) is 13.1. The molecule has 20 heavy (non-hydrogen) atoms. The number of hydrogen-bond donors (Lipinski definition) is 1. The third kappa shape index (κ3) is 3.18. The van der Waals surface area contributed by atoms with Crippen molar-refractivity contribution < 1.29 is 8.78 Å². The van der Waals surface area contributed by atoms with Gasteiger partial charge < -0.3 is 10.2 Å². The van der Waals surface area contributed by atoms with Crippen molar-refractivity contribution in [2.75, 3.05) is 20.6 Å². The molecule has 0 saturated heterocycles. The summed E-state index contributed by atoms with van der Waals surface area (Å²) in [5, 5.41) is 3.34. The highest BCUT2D eigenvalue weighted by Gasteiger charge is 2.39. The van der Waals surface area contributed by atoms with Crippen LogP contribution in [0.2, 0.25) is 0 Å². The third-order valence-corrected chi connectivity index (χ3v) is 4.33. The summed E-state index contributed by atoms with van der Waals surface area (Å²) in [5.41, 5.74) is 0.161. The maximum Gasteiger partial charge on any atom is 0.128 e. The molecule has 1 aromatic carbocycles. The first-order valence-corrected chi connectivity index (χ1v) is 7.28. The first kappa shape index (κ1) is 17.1. The van der Waals surface area contributed by atoms with Gasteiger partial charge in [-0.25, -0.2) is 8.78 Å². The summed E-state index contributed by atoms with van der Waals surface area (Å²) in [6.45, 7) is 6.86. The van der Waals surface area contributed by atoms with Crippen LogP contribution in [0.25, 0.3) is 0 Å². The molecule has 114 valence electrons. The van der Waals surface area contributed by atoms with Crippen molar-refractivity contribution in [3.05, 3.63) is 35.4 Å². The van der Waals surface area contributed by atoms with E-state index >= 15 is 0 Å². The van der Waals surface area contributed by atoms with E-state index in [1.165, 1.54) is 12.1 Å². The van der Waals surface area contributed by atoms with Crippen molar-refractivity contribution in [1.29, 1.82) is 0 Å². The Balaban J connectivity index is 3.38. The number of rotatable bonds is 7. The van der Waals surface area contributed by atoms with E-state index in [1.807, 2.05) is 21.0 Å². The van der Waals surface area contributed by atoms with Crippen molar-refractivity contribution in [3.63, 3.8) is 0 Å². The van der Waals surface area contributed by atoms with Crippen LogP contribution in [0.4, 0.5) is 8.78 Å². The van der Waals surface area contributed by atoms with Gasteiger partial charge in [-0.2, -0.15) is 0 Å². The predicted molar refractivity (Wildman–Crippen MR) is 79.8 cm³/mol. The molecule has 0 aliphatic rings. The number of likely N-dealkylation sites (N-methyl/N-ethyl adjacent to an activating group) is 2. The van der Waals surface area contributed by atoms with Crippen LogP contribution in [-0.4, -0.2) is 31.1 Å². The molecule has 0 aromatic heterocycles. The van der Waals surface area contributed by atoms with Gasteiger partial charge in [-0.15, -0.1) is 0 Å². The Morgan fingerprint density at radius 3 is 2.20 bits per heavy atom. The van der Waals surface area contributed by atoms with E-state index in [-0.39, 0.29) is 17.4 Å². The quantitative estimate of drug-likeness (QED) is 0.820. The van der Waals surface area contributed by atoms with Gasteiger partial charge in [-0.05, 0) is 51.7 Å². The van der Waals surface area contributed by atoms with Gasteiger partial charge in [-0.1, -0.05) is 20.8 Å². The van der Waals surface area contributed by atoms with E-state index in [0.717, 1.165) is 18.9 Å². The second kappa shape index (κ2) is 7.14. The minimum absolute atomic E-state index is 0.242. The van der Waals surface area contributed by atoms with Crippen LogP contribution in [0.3, 0.4) is 0 Å². The Kier molecular flexibility index (Phi) is 6.08. The molecule has 2 nitrogen and oxygen atoms in total. The molecule has 0 amide bonds. The van der Waals surface area contributed by atoms with Crippen LogP contribution < -0.4 is 5.32 Å². The van der Waals surface area contributed by atoms with E-state index in [4.69, 9.17) is 0 Å². The Morgan fingerprint density at radius 2 is 1.75 bits per heavy atom. The summed E-state index contributed by atoms with van der Waals surface area (Å²) >= 11 is 0. The first-order valence-electron chi connectivity index (χ1n) is 7.28. The average molecular weight is 284 g/mol. The Labute approximate surface area is 121 Å². The fourth-order valence-corrected chi connectivity index (χ4v) is 3.08. The zero-order chi connectivity index (χ0) is 15.3. The first-order chi connectivity index (χ1) is 9.42. The standard InChI is InChI=1S/C16H26F2N2/c1-6-16(7-2,20(4)5)15(19-8-3)13-11-12(17)9-10-14(13)18/h9-11,15,19H,6-8H2,1-5H3. The molecule has 0 aliphatic heterocycles. The monoisotopic (exact) mass is 284 g/mol. The molecular weight excluding hydrogens is 258 g/mol. The third-order valence-electron chi connectivity index (χ3n) is 4.33. The lowest BCUT2D eigenvalue weighted by atomic mass is 9.79. The van der Waals surface area contributed by atoms with Gasteiger partial charge in [0.15, 0.2) is 0 Å². The summed E-state index contributed by atoms with van der Waals surface area (Å²) in [7, 11) is 3.99. The van der Waals surface area contributed by atoms with E-state index in [2.05, 4.69) is 24.1 Å². The molecule has 0 bridgehead atoms. The molecule has 1 aromatic rings. The van der Waals surface area contributed by atoms with Crippen molar-refractivity contribution >= 4 is 0 Å². The number of nitrogens with one attached hydrogen (secondary N) is 1. The summed E-state index contributed by atoms with van der Waals surface area (Å²) in [6.07, 6.45) is 1.70. The van der Waals surface area contributed by atoms with Gasteiger partial charge in [0.2, 0.25) is 0 Å². The van der Waals surface area contributed by atoms with Crippen LogP contribution in [0.5, 0.6) is 0 Å². The molecule has 4 heteroatoms. The minimum atomic E-state index is -0.399. The molecule has 0 heterocycles. The average Bonchev–Trinajstić information content (AvgIpc) is 2.42. The van der Waals surface area contributed by atoms with E-state index in [0.29, 0.717) is 12.1 Å². The lowest BCUT2D eigenvalue weighted by Gasteiger charge is -2.45. The molecule has 0 fully saturated rings. The molecule has 0 spiro atoms. The van der Waals surface area contributed by atoms with Crippen molar-refractivity contribution in [1.82, 2.24) is 10.2 Å². The van der Waals surface area contributed by atoms with Crippen LogP contribution in [0.1, 0.15) is 45.2 Å². The number of hydrogen-bond acceptors (Lipinski definition) is 2. The van der Waals surface area contributed by atoms with E-state index in [1.54, 1.807) is 0 Å². The van der Waals surface area contributed by atoms with E-state index < -0.39 is 5.82 Å². The van der Waals surface area contributed by atoms with E-state index in [9.17, 15) is 8.78 Å². The molecular formula is C16H26F2N2. The lowest BCUT2D eigenvalue weighted by molar-refractivity contribution is 0.0871. The van der Waals surface area contributed by atoms with Gasteiger partial charge in [0, 0.05) is 11.1 Å². The summed E-state index contributed by atoms with van der Waals surface area (Å²) in [5.74, 6) is -0.755. The molecule has 1 N–H and O–H groups in total. The highest BCUT2D eigenvalue weighted by atomic mass is 19.1. The Bertz CT molecular complexity index is 428. The molecule has 1 rings (SSSR count). The zero-order valence-corrected chi connectivity index (χ0v) is 13.1. The van der Waals surface area contributed by atoms with Crippen molar-refractivity contribution in [2.45, 2.75) is 45.2 Å². The second-order valence-corrected chi connectivity index (χ2v) is 5.36. The summed E-state index contributed by atoms with van der Waals surface area (Å²) < 4.78 is 27.7. The summed E-state index contributed by atoms with van der Waals surface area (Å²) in [6, 6.07) is 3.44. The van der Waals surface area contributed by atoms with Gasteiger partial charge in [0.25, 0.3) is 0 Å². The van der Waals surface area contributed by atoms with Gasteiger partial charge in [-0.3, -0.25) is 0 Å². The SMILES string of the molecule is CCNC(c1cc(F)ccc1F)C(CC)(CC)N(C)C. The topological polar surface area (TPSA) is 15.3 Å². The molecule has 1 atom stereocenters. The van der Waals surface area contributed by atoms with Gasteiger partial charge >= 0.3 is 0 Å². The number of nitrogens with zero attached hydrogens (tertiary/aromatic N) is 1. The lowest BCUT2D eigenvalue weighted by Crippen LogP contribution is -2.53. The number of halogens is 2. The predicted octanol–water partition coefficient (Wildman–Crippen LogP) is 3.74. The highest BCUT2D eigenvalue weighted by molar-refractivity contribution is 5.26. The molecule has 0 aliphatic carbocycles. The molecule has 0 radical (unpaired) electrons. The fourth-order valence-electron chi connectivity index (χ4n) is 3.08. The largest absolute Gasteiger partial charge is 0.309 e. The van der Waals surface area contributed by atoms with Crippen LogP contribution in [0, 0.1) is 11.6 Å². The minimum Gasteiger partial charge on any atom is -0.309 e. The van der Waals surface area contributed by atoms with Crippen LogP contribution in [0.15, 0.2) is 18.2 Å². The maximum absolute atomic E-state index is 14.2. The molecule has 1 unspecified atom stereocenters. The van der Waals surface area contributed by atoms with Gasteiger partial charge in [0.05, 0.1) is 6.04 Å². The van der Waals surface area contributed by atoms with Crippen molar-refractivity contribution in [3.8, 4) is 0 Å². The van der Waals surface area contributed by atoms with Gasteiger partial charge in [0.1, 0.15) is 11.6 Å². The molecule has 0 saturated carbocycles. The fraction of sp³-hybridized carbons (Fsp3) is 0.625. The maximum atomic E-state index is 14.2. The van der Waals surface area contributed by atoms with Crippen LogP contribution >= 0.6 is 0 Å². The highest BCUT2D eigenvalue weighted by Crippen LogP contribution is 2.37. The van der Waals surface area contributed by atoms with Crippen molar-refractivity contribution in [2.24, 2.45) is 0 Å². The summed E-state index contributed by atoms with van der Waals surface area (Å²) in [4.78, 5) is 2.12. The normalized spacial score (nSPS) is 13.8. The Hall–Kier alpha value is -1.00. The Morgan fingerprint density at radius 1 is 1.15 bits per heavy atom. The smallest absolute Gasteiger partial charge is 0.128 e. The van der Waals surface area contributed by atoms with Crippen LogP contribution in [-0.2, 0) is 0 Å². The second-order valence-electron chi connectivity index (χ2n) is 5.36. The number of benzene rings is 1.